The van der Waals surface area contributed by atoms with Gasteiger partial charge in [-0.05, 0) is 42.5 Å². The number of ether oxygens (including phenoxy) is 3. The average molecular weight is 345 g/mol. The lowest BCUT2D eigenvalue weighted by Gasteiger charge is -2.07. The molecule has 2 aromatic heterocycles. The molecule has 0 bridgehead atoms. The summed E-state index contributed by atoms with van der Waals surface area (Å²) in [7, 11) is 1.66. The maximum atomic E-state index is 5.48. The number of imidazole rings is 1. The van der Waals surface area contributed by atoms with E-state index in [-0.39, 0.29) is 6.79 Å². The molecule has 0 unspecified atom stereocenters. The first-order chi connectivity index (χ1) is 12.8. The third kappa shape index (κ3) is 2.35. The van der Waals surface area contributed by atoms with Crippen molar-refractivity contribution in [3.05, 3.63) is 60.8 Å². The van der Waals surface area contributed by atoms with Gasteiger partial charge in [0.2, 0.25) is 6.79 Å². The third-order valence-corrected chi connectivity index (χ3v) is 4.40. The van der Waals surface area contributed by atoms with E-state index in [4.69, 9.17) is 19.3 Å². The molecule has 0 amide bonds. The SMILES string of the molecule is COc1cccc(-c2ccc3ncc(-c4ccc5c(c4)OCO5)n3n2)c1. The predicted octanol–water partition coefficient (Wildman–Crippen LogP) is 3.80. The topological polar surface area (TPSA) is 57.9 Å². The summed E-state index contributed by atoms with van der Waals surface area (Å²) in [4.78, 5) is 4.46. The van der Waals surface area contributed by atoms with E-state index in [0.29, 0.717) is 0 Å². The Balaban J connectivity index is 1.63. The van der Waals surface area contributed by atoms with Crippen molar-refractivity contribution in [2.75, 3.05) is 13.9 Å². The normalized spacial score (nSPS) is 12.5. The van der Waals surface area contributed by atoms with E-state index in [0.717, 1.165) is 45.4 Å². The molecule has 0 fully saturated rings. The fourth-order valence-electron chi connectivity index (χ4n) is 3.06. The van der Waals surface area contributed by atoms with Crippen molar-refractivity contribution in [1.82, 2.24) is 14.6 Å². The molecule has 0 aliphatic carbocycles. The van der Waals surface area contributed by atoms with Crippen LogP contribution >= 0.6 is 0 Å². The van der Waals surface area contributed by atoms with E-state index in [1.54, 1.807) is 7.11 Å². The van der Waals surface area contributed by atoms with E-state index in [1.165, 1.54) is 0 Å². The highest BCUT2D eigenvalue weighted by Gasteiger charge is 2.16. The second kappa shape index (κ2) is 5.77. The standard InChI is InChI=1S/C20H15N3O3/c1-24-15-4-2-3-13(9-15)16-6-8-20-21-11-17(23(20)22-16)14-5-7-18-19(10-14)26-12-25-18/h2-11H,12H2,1H3. The van der Waals surface area contributed by atoms with Crippen molar-refractivity contribution in [1.29, 1.82) is 0 Å². The first-order valence-electron chi connectivity index (χ1n) is 8.21. The van der Waals surface area contributed by atoms with Gasteiger partial charge in [0.25, 0.3) is 0 Å². The van der Waals surface area contributed by atoms with Crippen LogP contribution < -0.4 is 14.2 Å². The van der Waals surface area contributed by atoms with E-state index in [9.17, 15) is 0 Å². The molecule has 4 aromatic rings. The number of benzene rings is 2. The summed E-state index contributed by atoms with van der Waals surface area (Å²) >= 11 is 0. The average Bonchev–Trinajstić information content (AvgIpc) is 3.33. The first-order valence-corrected chi connectivity index (χ1v) is 8.21. The highest BCUT2D eigenvalue weighted by atomic mass is 16.7. The van der Waals surface area contributed by atoms with Crippen LogP contribution in [-0.2, 0) is 0 Å². The highest BCUT2D eigenvalue weighted by Crippen LogP contribution is 2.36. The number of nitrogens with zero attached hydrogens (tertiary/aromatic N) is 3. The summed E-state index contributed by atoms with van der Waals surface area (Å²) in [6.07, 6.45) is 1.81. The highest BCUT2D eigenvalue weighted by molar-refractivity contribution is 5.68. The lowest BCUT2D eigenvalue weighted by atomic mass is 10.1. The Morgan fingerprint density at radius 3 is 2.81 bits per heavy atom. The number of aromatic nitrogens is 3. The van der Waals surface area contributed by atoms with Crippen LogP contribution in [-0.4, -0.2) is 28.5 Å². The number of hydrogen-bond acceptors (Lipinski definition) is 5. The number of rotatable bonds is 3. The molecule has 0 atom stereocenters. The van der Waals surface area contributed by atoms with Crippen LogP contribution in [0.1, 0.15) is 0 Å². The zero-order chi connectivity index (χ0) is 17.5. The van der Waals surface area contributed by atoms with Crippen molar-refractivity contribution in [3.63, 3.8) is 0 Å². The molecule has 0 spiro atoms. The Morgan fingerprint density at radius 2 is 1.88 bits per heavy atom. The summed E-state index contributed by atoms with van der Waals surface area (Å²) in [5, 5.41) is 4.78. The van der Waals surface area contributed by atoms with Gasteiger partial charge in [-0.25, -0.2) is 9.50 Å². The Labute approximate surface area is 149 Å². The third-order valence-electron chi connectivity index (χ3n) is 4.40. The van der Waals surface area contributed by atoms with E-state index < -0.39 is 0 Å². The van der Waals surface area contributed by atoms with Crippen LogP contribution in [0.2, 0.25) is 0 Å². The molecule has 26 heavy (non-hydrogen) atoms. The van der Waals surface area contributed by atoms with Crippen molar-refractivity contribution < 1.29 is 14.2 Å². The van der Waals surface area contributed by atoms with Crippen LogP contribution in [0.15, 0.2) is 60.8 Å². The summed E-state index contributed by atoms with van der Waals surface area (Å²) in [5.74, 6) is 2.29. The summed E-state index contributed by atoms with van der Waals surface area (Å²) < 4.78 is 18.0. The lowest BCUT2D eigenvalue weighted by Crippen LogP contribution is -1.97. The van der Waals surface area contributed by atoms with E-state index in [2.05, 4.69) is 4.98 Å². The van der Waals surface area contributed by atoms with Crippen LogP contribution in [0.25, 0.3) is 28.2 Å². The van der Waals surface area contributed by atoms with Gasteiger partial charge < -0.3 is 14.2 Å². The molecule has 0 radical (unpaired) electrons. The molecule has 2 aromatic carbocycles. The Bertz CT molecular complexity index is 1120. The van der Waals surface area contributed by atoms with Crippen LogP contribution in [0.3, 0.4) is 0 Å². The van der Waals surface area contributed by atoms with Crippen molar-refractivity contribution in [2.45, 2.75) is 0 Å². The molecule has 6 nitrogen and oxygen atoms in total. The van der Waals surface area contributed by atoms with E-state index >= 15 is 0 Å². The van der Waals surface area contributed by atoms with Crippen LogP contribution in [0.4, 0.5) is 0 Å². The molecular weight excluding hydrogens is 330 g/mol. The van der Waals surface area contributed by atoms with Gasteiger partial charge in [-0.3, -0.25) is 0 Å². The minimum atomic E-state index is 0.254. The maximum absolute atomic E-state index is 5.48. The molecule has 0 N–H and O–H groups in total. The van der Waals surface area contributed by atoms with Gasteiger partial charge >= 0.3 is 0 Å². The Hall–Kier alpha value is -3.54. The maximum Gasteiger partial charge on any atom is 0.231 e. The Morgan fingerprint density at radius 1 is 0.962 bits per heavy atom. The summed E-state index contributed by atoms with van der Waals surface area (Å²) in [6, 6.07) is 17.6. The number of hydrogen-bond donors (Lipinski definition) is 0. The quantitative estimate of drug-likeness (QED) is 0.565. The molecule has 1 aliphatic rings. The molecule has 6 heteroatoms. The van der Waals surface area contributed by atoms with Gasteiger partial charge in [-0.1, -0.05) is 12.1 Å². The largest absolute Gasteiger partial charge is 0.497 e. The van der Waals surface area contributed by atoms with Crippen molar-refractivity contribution in [2.24, 2.45) is 0 Å². The second-order valence-electron chi connectivity index (χ2n) is 5.93. The van der Waals surface area contributed by atoms with Gasteiger partial charge in [-0.15, -0.1) is 0 Å². The molecule has 0 saturated carbocycles. The molecule has 128 valence electrons. The fourth-order valence-corrected chi connectivity index (χ4v) is 3.06. The van der Waals surface area contributed by atoms with Gasteiger partial charge in [0.05, 0.1) is 24.7 Å². The Kier molecular flexibility index (Phi) is 3.28. The van der Waals surface area contributed by atoms with Crippen molar-refractivity contribution >= 4 is 5.65 Å². The van der Waals surface area contributed by atoms with Crippen molar-refractivity contribution in [3.8, 4) is 39.8 Å². The van der Waals surface area contributed by atoms with Crippen LogP contribution in [0.5, 0.6) is 17.2 Å². The zero-order valence-electron chi connectivity index (χ0n) is 14.0. The van der Waals surface area contributed by atoms with Gasteiger partial charge in [0, 0.05) is 11.1 Å². The molecular formula is C20H15N3O3. The summed E-state index contributed by atoms with van der Waals surface area (Å²) in [6.45, 7) is 0.254. The molecule has 5 rings (SSSR count). The summed E-state index contributed by atoms with van der Waals surface area (Å²) in [5.41, 5.74) is 4.47. The molecule has 0 saturated heterocycles. The molecule has 3 heterocycles. The monoisotopic (exact) mass is 345 g/mol. The van der Waals surface area contributed by atoms with Crippen LogP contribution in [0, 0.1) is 0 Å². The minimum Gasteiger partial charge on any atom is -0.497 e. The van der Waals surface area contributed by atoms with E-state index in [1.807, 2.05) is 65.3 Å². The molecule has 1 aliphatic heterocycles. The first kappa shape index (κ1) is 14.8. The predicted molar refractivity (Wildman–Crippen MR) is 96.5 cm³/mol. The van der Waals surface area contributed by atoms with Gasteiger partial charge in [0.15, 0.2) is 17.1 Å². The smallest absolute Gasteiger partial charge is 0.231 e. The lowest BCUT2D eigenvalue weighted by molar-refractivity contribution is 0.174. The second-order valence-corrected chi connectivity index (χ2v) is 5.93. The fraction of sp³-hybridized carbons (Fsp3) is 0.100. The minimum absolute atomic E-state index is 0.254. The number of methoxy groups -OCH3 is 1. The van der Waals surface area contributed by atoms with Gasteiger partial charge in [0.1, 0.15) is 5.75 Å². The van der Waals surface area contributed by atoms with Gasteiger partial charge in [-0.2, -0.15) is 5.10 Å². The number of fused-ring (bicyclic) bond motifs is 2. The zero-order valence-corrected chi connectivity index (χ0v) is 14.0.